The second kappa shape index (κ2) is 13.4. The fraction of sp³-hybridized carbons (Fsp3) is 0.400. The minimum Gasteiger partial charge on any atom is -0.207 e. The van der Waals surface area contributed by atoms with Gasteiger partial charge >= 0.3 is 0 Å². The van der Waals surface area contributed by atoms with Gasteiger partial charge in [0.1, 0.15) is 5.83 Å². The molecule has 1 heteroatoms. The van der Waals surface area contributed by atoms with Crippen molar-refractivity contribution in [1.82, 2.24) is 0 Å². The van der Waals surface area contributed by atoms with Gasteiger partial charge in [-0.3, -0.25) is 0 Å². The van der Waals surface area contributed by atoms with Gasteiger partial charge in [0, 0.05) is 0 Å². The summed E-state index contributed by atoms with van der Waals surface area (Å²) in [4.78, 5) is 0. The Hall–Kier alpha value is -1.63. The van der Waals surface area contributed by atoms with Crippen molar-refractivity contribution in [2.45, 2.75) is 48.0 Å². The first-order valence-corrected chi connectivity index (χ1v) is 7.49. The van der Waals surface area contributed by atoms with Crippen molar-refractivity contribution in [3.05, 3.63) is 72.2 Å². The fourth-order valence-corrected chi connectivity index (χ4v) is 1.77. The lowest BCUT2D eigenvalue weighted by Crippen LogP contribution is -1.94. The van der Waals surface area contributed by atoms with Gasteiger partial charge in [0.15, 0.2) is 0 Å². The summed E-state index contributed by atoms with van der Waals surface area (Å²) in [6, 6.07) is 0. The highest BCUT2D eigenvalue weighted by Crippen LogP contribution is 2.18. The second-order valence-electron chi connectivity index (χ2n) is 4.90. The summed E-state index contributed by atoms with van der Waals surface area (Å²) in [7, 11) is 0. The molecule has 0 radical (unpaired) electrons. The number of hydrogen-bond donors (Lipinski definition) is 0. The van der Waals surface area contributed by atoms with Crippen molar-refractivity contribution in [3.63, 3.8) is 0 Å². The van der Waals surface area contributed by atoms with E-state index in [-0.39, 0.29) is 5.83 Å². The molecule has 21 heavy (non-hydrogen) atoms. The highest BCUT2D eigenvalue weighted by atomic mass is 19.1. The van der Waals surface area contributed by atoms with Crippen LogP contribution in [0, 0.1) is 5.92 Å². The molecule has 0 heterocycles. The number of rotatable bonds is 6. The Morgan fingerprint density at radius 2 is 1.57 bits per heavy atom. The normalized spacial score (nSPS) is 13.7. The molecule has 0 rings (SSSR count). The van der Waals surface area contributed by atoms with Crippen molar-refractivity contribution in [2.24, 2.45) is 5.92 Å². The first kappa shape index (κ1) is 21.7. The summed E-state index contributed by atoms with van der Waals surface area (Å²) >= 11 is 0. The molecule has 0 nitrogen and oxygen atoms in total. The Labute approximate surface area is 131 Å². The van der Waals surface area contributed by atoms with Crippen molar-refractivity contribution in [2.75, 3.05) is 0 Å². The SMILES string of the molecule is C=C/C=C(CC)\C(F)=C/C.C=C/C=C(\C(C)=C/C)C(C)C. The van der Waals surface area contributed by atoms with Crippen LogP contribution in [0.15, 0.2) is 72.2 Å². The molecule has 0 bridgehead atoms. The lowest BCUT2D eigenvalue weighted by atomic mass is 9.96. The molecule has 0 aromatic carbocycles. The highest BCUT2D eigenvalue weighted by molar-refractivity contribution is 5.32. The van der Waals surface area contributed by atoms with Crippen molar-refractivity contribution >= 4 is 0 Å². The van der Waals surface area contributed by atoms with E-state index >= 15 is 0 Å². The van der Waals surface area contributed by atoms with E-state index in [9.17, 15) is 4.39 Å². The van der Waals surface area contributed by atoms with Crippen LogP contribution in [0.25, 0.3) is 0 Å². The van der Waals surface area contributed by atoms with Crippen LogP contribution in [-0.2, 0) is 0 Å². The van der Waals surface area contributed by atoms with Gasteiger partial charge in [-0.2, -0.15) is 0 Å². The lowest BCUT2D eigenvalue weighted by Gasteiger charge is -2.10. The third kappa shape index (κ3) is 9.84. The second-order valence-corrected chi connectivity index (χ2v) is 4.90. The molecule has 0 aliphatic heterocycles. The average molecular weight is 290 g/mol. The van der Waals surface area contributed by atoms with Crippen LogP contribution >= 0.6 is 0 Å². The molecular weight excluding hydrogens is 259 g/mol. The van der Waals surface area contributed by atoms with Gasteiger partial charge in [0.05, 0.1) is 0 Å². The van der Waals surface area contributed by atoms with Crippen molar-refractivity contribution in [3.8, 4) is 0 Å². The van der Waals surface area contributed by atoms with Crippen LogP contribution in [0.2, 0.25) is 0 Å². The standard InChI is InChI=1S/C11H18.C9H13F/c1-6-8-11(9(3)4)10(5)7-2;1-4-7-8(5-2)9(10)6-3/h6-9H,1H2,2-5H3;4,6-7H,1,5H2,2-3H3/b10-7-,11-8-;8-7-,9-6+. The topological polar surface area (TPSA) is 0 Å². The molecule has 0 saturated carbocycles. The predicted molar refractivity (Wildman–Crippen MR) is 96.0 cm³/mol. The van der Waals surface area contributed by atoms with Gasteiger partial charge in [0.2, 0.25) is 0 Å². The van der Waals surface area contributed by atoms with Gasteiger partial charge < -0.3 is 0 Å². The Morgan fingerprint density at radius 3 is 1.86 bits per heavy atom. The predicted octanol–water partition coefficient (Wildman–Crippen LogP) is 7.10. The summed E-state index contributed by atoms with van der Waals surface area (Å²) < 4.78 is 12.7. The van der Waals surface area contributed by atoms with Crippen molar-refractivity contribution < 1.29 is 4.39 Å². The highest BCUT2D eigenvalue weighted by Gasteiger charge is 2.02. The van der Waals surface area contributed by atoms with Gasteiger partial charge in [-0.25, -0.2) is 4.39 Å². The molecule has 0 saturated heterocycles. The maximum atomic E-state index is 12.7. The van der Waals surface area contributed by atoms with E-state index < -0.39 is 0 Å². The number of halogens is 1. The zero-order chi connectivity index (χ0) is 16.8. The van der Waals surface area contributed by atoms with Gasteiger partial charge in [-0.15, -0.1) is 0 Å². The lowest BCUT2D eigenvalue weighted by molar-refractivity contribution is 0.641. The molecule has 0 aromatic heterocycles. The summed E-state index contributed by atoms with van der Waals surface area (Å²) in [5.41, 5.74) is 3.43. The van der Waals surface area contributed by atoms with Crippen LogP contribution in [0.1, 0.15) is 48.0 Å². The molecule has 0 atom stereocenters. The summed E-state index contributed by atoms with van der Waals surface area (Å²) in [5.74, 6) is 0.437. The van der Waals surface area contributed by atoms with Gasteiger partial charge in [-0.05, 0) is 44.3 Å². The molecule has 0 aromatic rings. The van der Waals surface area contributed by atoms with Gasteiger partial charge in [0.25, 0.3) is 0 Å². The van der Waals surface area contributed by atoms with Crippen LogP contribution in [-0.4, -0.2) is 0 Å². The molecule has 0 unspecified atom stereocenters. The zero-order valence-corrected chi connectivity index (χ0v) is 14.5. The monoisotopic (exact) mass is 290 g/mol. The molecule has 0 spiro atoms. The summed E-state index contributed by atoms with van der Waals surface area (Å²) in [6.07, 6.45) is 11.5. The van der Waals surface area contributed by atoms with E-state index in [1.54, 1.807) is 19.1 Å². The smallest absolute Gasteiger partial charge is 0.122 e. The molecule has 118 valence electrons. The summed E-state index contributed by atoms with van der Waals surface area (Å²) in [6.45, 7) is 19.4. The largest absolute Gasteiger partial charge is 0.207 e. The van der Waals surface area contributed by atoms with E-state index in [1.165, 1.54) is 17.2 Å². The van der Waals surface area contributed by atoms with E-state index in [0.29, 0.717) is 17.9 Å². The minimum atomic E-state index is -0.151. The fourth-order valence-electron chi connectivity index (χ4n) is 1.77. The van der Waals surface area contributed by atoms with E-state index in [4.69, 9.17) is 0 Å². The Balaban J connectivity index is 0. The van der Waals surface area contributed by atoms with E-state index in [2.05, 4.69) is 53.0 Å². The minimum absolute atomic E-state index is 0.151. The first-order valence-electron chi connectivity index (χ1n) is 7.49. The van der Waals surface area contributed by atoms with Gasteiger partial charge in [-0.1, -0.05) is 76.0 Å². The summed E-state index contributed by atoms with van der Waals surface area (Å²) in [5, 5.41) is 0. The van der Waals surface area contributed by atoms with E-state index in [0.717, 1.165) is 0 Å². The Kier molecular flexibility index (Phi) is 13.8. The quantitative estimate of drug-likeness (QED) is 0.457. The number of allylic oxidation sites excluding steroid dienone is 10. The molecule has 0 N–H and O–H groups in total. The maximum Gasteiger partial charge on any atom is 0.122 e. The average Bonchev–Trinajstić information content (AvgIpc) is 2.49. The Bertz CT molecular complexity index is 429. The molecule has 0 aliphatic carbocycles. The molecule has 0 aliphatic rings. The van der Waals surface area contributed by atoms with Crippen LogP contribution < -0.4 is 0 Å². The van der Waals surface area contributed by atoms with E-state index in [1.807, 2.05) is 13.0 Å². The molecule has 0 amide bonds. The van der Waals surface area contributed by atoms with Crippen LogP contribution in [0.5, 0.6) is 0 Å². The van der Waals surface area contributed by atoms with Crippen LogP contribution in [0.4, 0.5) is 4.39 Å². The third-order valence-corrected chi connectivity index (χ3v) is 3.07. The molecule has 0 fully saturated rings. The maximum absolute atomic E-state index is 12.7. The third-order valence-electron chi connectivity index (χ3n) is 3.07. The van der Waals surface area contributed by atoms with Crippen molar-refractivity contribution in [1.29, 1.82) is 0 Å². The first-order chi connectivity index (χ1) is 9.89. The van der Waals surface area contributed by atoms with Crippen LogP contribution in [0.3, 0.4) is 0 Å². The number of hydrogen-bond acceptors (Lipinski definition) is 0. The Morgan fingerprint density at radius 1 is 1.05 bits per heavy atom. The molecular formula is C20H31F. The zero-order valence-electron chi connectivity index (χ0n) is 14.5.